The molecular weight excluding hydrogens is 152 g/mol. The Morgan fingerprint density at radius 1 is 0.750 bits per heavy atom. The molecule has 0 amide bonds. The summed E-state index contributed by atoms with van der Waals surface area (Å²) in [4.78, 5) is 0. The van der Waals surface area contributed by atoms with Crippen LogP contribution in [0, 0.1) is 0 Å². The molecule has 2 nitrogen and oxygen atoms in total. The molecule has 0 radical (unpaired) electrons. The highest BCUT2D eigenvalue weighted by atomic mass is 16.3. The van der Waals surface area contributed by atoms with Crippen LogP contribution >= 0.6 is 0 Å². The van der Waals surface area contributed by atoms with Gasteiger partial charge in [-0.05, 0) is 13.8 Å². The van der Waals surface area contributed by atoms with Crippen molar-refractivity contribution in [2.45, 2.75) is 58.5 Å². The normalized spacial score (nSPS) is 15.5. The van der Waals surface area contributed by atoms with Gasteiger partial charge in [0.1, 0.15) is 0 Å². The van der Waals surface area contributed by atoms with E-state index in [9.17, 15) is 0 Å². The second-order valence-electron chi connectivity index (χ2n) is 3.22. The molecule has 76 valence electrons. The summed E-state index contributed by atoms with van der Waals surface area (Å²) in [5.41, 5.74) is 0. The molecule has 0 spiro atoms. The number of aliphatic hydroxyl groups excluding tert-OH is 2. The van der Waals surface area contributed by atoms with E-state index in [1.807, 2.05) is 0 Å². The Labute approximate surface area is 76.6 Å². The van der Waals surface area contributed by atoms with E-state index in [0.717, 1.165) is 7.11 Å². The van der Waals surface area contributed by atoms with Gasteiger partial charge in [0.15, 0.2) is 0 Å². The van der Waals surface area contributed by atoms with Gasteiger partial charge < -0.3 is 10.2 Å². The first-order valence-corrected chi connectivity index (χ1v) is 4.86. The molecule has 2 N–H and O–H groups in total. The molecule has 0 bridgehead atoms. The predicted octanol–water partition coefficient (Wildman–Crippen LogP) is 2.34. The standard InChI is InChI=1S/C6H12.C3H8O.CH4O/c1-2-4-6-5-3-1;1-3(2)4;1-2/h1-6H2;3-4H,1-2H3;2H,1H3. The lowest BCUT2D eigenvalue weighted by atomic mass is 10.0. The quantitative estimate of drug-likeness (QED) is 0.594. The van der Waals surface area contributed by atoms with E-state index in [0.29, 0.717) is 0 Å². The van der Waals surface area contributed by atoms with Crippen molar-refractivity contribution in [1.82, 2.24) is 0 Å². The zero-order chi connectivity index (χ0) is 9.82. The Balaban J connectivity index is 0. The van der Waals surface area contributed by atoms with Crippen molar-refractivity contribution in [1.29, 1.82) is 0 Å². The van der Waals surface area contributed by atoms with Crippen molar-refractivity contribution < 1.29 is 10.2 Å². The molecule has 1 fully saturated rings. The number of hydrogen-bond acceptors (Lipinski definition) is 2. The molecule has 0 aromatic heterocycles. The minimum absolute atomic E-state index is 0.167. The lowest BCUT2D eigenvalue weighted by Crippen LogP contribution is -1.85. The number of aliphatic hydroxyl groups is 2. The van der Waals surface area contributed by atoms with Gasteiger partial charge >= 0.3 is 0 Å². The fourth-order valence-electron chi connectivity index (χ4n) is 1.06. The van der Waals surface area contributed by atoms with Gasteiger partial charge in [-0.1, -0.05) is 38.5 Å². The first-order chi connectivity index (χ1) is 5.73. The van der Waals surface area contributed by atoms with Gasteiger partial charge in [0.05, 0.1) is 0 Å². The maximum absolute atomic E-state index is 8.06. The Morgan fingerprint density at radius 3 is 0.917 bits per heavy atom. The van der Waals surface area contributed by atoms with Crippen molar-refractivity contribution >= 4 is 0 Å². The summed E-state index contributed by atoms with van der Waals surface area (Å²) in [6.07, 6.45) is 8.83. The van der Waals surface area contributed by atoms with E-state index >= 15 is 0 Å². The van der Waals surface area contributed by atoms with Crippen LogP contribution in [0.3, 0.4) is 0 Å². The molecule has 1 rings (SSSR count). The maximum Gasteiger partial charge on any atom is 0.0483 e. The second-order valence-corrected chi connectivity index (χ2v) is 3.22. The van der Waals surface area contributed by atoms with Crippen molar-refractivity contribution in [3.8, 4) is 0 Å². The van der Waals surface area contributed by atoms with E-state index < -0.39 is 0 Å². The highest BCUT2D eigenvalue weighted by Gasteiger charge is 1.95. The largest absolute Gasteiger partial charge is 0.400 e. The average Bonchev–Trinajstić information content (AvgIpc) is 2.10. The lowest BCUT2D eigenvalue weighted by molar-refractivity contribution is 0.216. The minimum atomic E-state index is -0.167. The van der Waals surface area contributed by atoms with Crippen molar-refractivity contribution in [2.24, 2.45) is 0 Å². The monoisotopic (exact) mass is 176 g/mol. The molecule has 0 saturated heterocycles. The minimum Gasteiger partial charge on any atom is -0.400 e. The van der Waals surface area contributed by atoms with Crippen LogP contribution in [0.2, 0.25) is 0 Å². The summed E-state index contributed by atoms with van der Waals surface area (Å²) in [5.74, 6) is 0. The Morgan fingerprint density at radius 2 is 0.833 bits per heavy atom. The van der Waals surface area contributed by atoms with E-state index in [4.69, 9.17) is 10.2 Å². The highest BCUT2D eigenvalue weighted by Crippen LogP contribution is 2.15. The molecule has 2 heteroatoms. The van der Waals surface area contributed by atoms with Gasteiger partial charge in [0.25, 0.3) is 0 Å². The number of hydrogen-bond donors (Lipinski definition) is 2. The molecule has 1 aliphatic rings. The fraction of sp³-hybridized carbons (Fsp3) is 1.00. The molecule has 0 aliphatic heterocycles. The Kier molecular flexibility index (Phi) is 16.3. The zero-order valence-electron chi connectivity index (χ0n) is 8.71. The van der Waals surface area contributed by atoms with E-state index in [1.54, 1.807) is 13.8 Å². The maximum atomic E-state index is 8.06. The molecular formula is C10H24O2. The zero-order valence-corrected chi connectivity index (χ0v) is 8.71. The summed E-state index contributed by atoms with van der Waals surface area (Å²) in [7, 11) is 1.00. The third kappa shape index (κ3) is 22.5. The lowest BCUT2D eigenvalue weighted by Gasteiger charge is -2.05. The SMILES string of the molecule is C1CCCCC1.CC(C)O.CO. The predicted molar refractivity (Wildman–Crippen MR) is 53.2 cm³/mol. The van der Waals surface area contributed by atoms with E-state index in [1.165, 1.54) is 38.5 Å². The van der Waals surface area contributed by atoms with Crippen LogP contribution in [-0.4, -0.2) is 23.4 Å². The summed E-state index contributed by atoms with van der Waals surface area (Å²) in [6, 6.07) is 0. The van der Waals surface area contributed by atoms with Crippen LogP contribution < -0.4 is 0 Å². The summed E-state index contributed by atoms with van der Waals surface area (Å²) in [6.45, 7) is 3.44. The molecule has 0 atom stereocenters. The van der Waals surface area contributed by atoms with Crippen LogP contribution in [0.15, 0.2) is 0 Å². The van der Waals surface area contributed by atoms with Crippen LogP contribution in [-0.2, 0) is 0 Å². The van der Waals surface area contributed by atoms with E-state index in [2.05, 4.69) is 0 Å². The Bertz CT molecular complexity index is 44.6. The summed E-state index contributed by atoms with van der Waals surface area (Å²) >= 11 is 0. The third-order valence-electron chi connectivity index (χ3n) is 1.50. The summed E-state index contributed by atoms with van der Waals surface area (Å²) in [5, 5.41) is 15.1. The van der Waals surface area contributed by atoms with Crippen molar-refractivity contribution in [3.05, 3.63) is 0 Å². The van der Waals surface area contributed by atoms with Gasteiger partial charge in [-0.15, -0.1) is 0 Å². The van der Waals surface area contributed by atoms with Gasteiger partial charge in [-0.3, -0.25) is 0 Å². The molecule has 0 aromatic carbocycles. The fourth-order valence-corrected chi connectivity index (χ4v) is 1.06. The molecule has 0 aromatic rings. The van der Waals surface area contributed by atoms with Crippen molar-refractivity contribution in [2.75, 3.05) is 7.11 Å². The molecule has 12 heavy (non-hydrogen) atoms. The Hall–Kier alpha value is -0.0800. The first-order valence-electron chi connectivity index (χ1n) is 4.86. The van der Waals surface area contributed by atoms with Gasteiger partial charge in [0, 0.05) is 13.2 Å². The van der Waals surface area contributed by atoms with Gasteiger partial charge in [-0.25, -0.2) is 0 Å². The van der Waals surface area contributed by atoms with Gasteiger partial charge in [0.2, 0.25) is 0 Å². The van der Waals surface area contributed by atoms with Crippen LogP contribution in [0.4, 0.5) is 0 Å². The molecule has 0 unspecified atom stereocenters. The number of rotatable bonds is 0. The van der Waals surface area contributed by atoms with Crippen LogP contribution in [0.25, 0.3) is 0 Å². The second kappa shape index (κ2) is 13.5. The molecule has 1 saturated carbocycles. The van der Waals surface area contributed by atoms with Crippen LogP contribution in [0.5, 0.6) is 0 Å². The van der Waals surface area contributed by atoms with Gasteiger partial charge in [-0.2, -0.15) is 0 Å². The smallest absolute Gasteiger partial charge is 0.0483 e. The topological polar surface area (TPSA) is 40.5 Å². The third-order valence-corrected chi connectivity index (χ3v) is 1.50. The molecule has 0 heterocycles. The van der Waals surface area contributed by atoms with E-state index in [-0.39, 0.29) is 6.10 Å². The van der Waals surface area contributed by atoms with Crippen LogP contribution in [0.1, 0.15) is 52.4 Å². The molecule has 1 aliphatic carbocycles. The highest BCUT2D eigenvalue weighted by molar-refractivity contribution is 4.51. The summed E-state index contributed by atoms with van der Waals surface area (Å²) < 4.78 is 0. The average molecular weight is 176 g/mol. The first kappa shape index (κ1) is 14.4. The van der Waals surface area contributed by atoms with Crippen molar-refractivity contribution in [3.63, 3.8) is 0 Å².